The molecule has 0 bridgehead atoms. The van der Waals surface area contributed by atoms with Crippen LogP contribution in [0, 0.1) is 6.92 Å². The number of carbonyl (C=O) groups is 1. The summed E-state index contributed by atoms with van der Waals surface area (Å²) in [5.41, 5.74) is -1.17. The molecule has 5 rings (SSSR count). The minimum atomic E-state index is -0.880. The summed E-state index contributed by atoms with van der Waals surface area (Å²) >= 11 is 0. The van der Waals surface area contributed by atoms with Crippen LogP contribution in [-0.4, -0.2) is 44.6 Å². The van der Waals surface area contributed by atoms with E-state index in [1.54, 1.807) is 41.3 Å². The molecule has 10 nitrogen and oxygen atoms in total. The van der Waals surface area contributed by atoms with Gasteiger partial charge in [0.2, 0.25) is 5.91 Å². The van der Waals surface area contributed by atoms with Gasteiger partial charge in [-0.05, 0) is 55.3 Å². The van der Waals surface area contributed by atoms with Crippen LogP contribution < -0.4 is 26.5 Å². The lowest BCUT2D eigenvalue weighted by molar-refractivity contribution is -0.128. The SMILES string of the molecule is Cc1cccc(-n2c(=O)[nH]c(=O)n(-c3ccc(Oc4ccccc4)c(OCCN4CCCC4=O)c3)c2=O)c1. The lowest BCUT2D eigenvalue weighted by Gasteiger charge is -2.18. The van der Waals surface area contributed by atoms with Crippen molar-refractivity contribution in [1.29, 1.82) is 0 Å². The normalized spacial score (nSPS) is 13.1. The van der Waals surface area contributed by atoms with Crippen LogP contribution in [0.4, 0.5) is 0 Å². The second kappa shape index (κ2) is 10.6. The Bertz CT molecular complexity index is 1650. The van der Waals surface area contributed by atoms with E-state index in [1.807, 2.05) is 31.2 Å². The lowest BCUT2D eigenvalue weighted by Crippen LogP contribution is -2.48. The molecule has 0 atom stereocenters. The van der Waals surface area contributed by atoms with Crippen molar-refractivity contribution in [3.63, 3.8) is 0 Å². The number of amides is 1. The summed E-state index contributed by atoms with van der Waals surface area (Å²) in [5, 5.41) is 0. The van der Waals surface area contributed by atoms with Gasteiger partial charge >= 0.3 is 17.1 Å². The van der Waals surface area contributed by atoms with Gasteiger partial charge in [0.25, 0.3) is 0 Å². The summed E-state index contributed by atoms with van der Waals surface area (Å²) in [6, 6.07) is 20.6. The molecule has 0 spiro atoms. The highest BCUT2D eigenvalue weighted by Gasteiger charge is 2.20. The van der Waals surface area contributed by atoms with Gasteiger partial charge in [0.1, 0.15) is 12.4 Å². The summed E-state index contributed by atoms with van der Waals surface area (Å²) in [6.45, 7) is 3.10. The van der Waals surface area contributed by atoms with Crippen molar-refractivity contribution in [1.82, 2.24) is 19.0 Å². The summed E-state index contributed by atoms with van der Waals surface area (Å²) in [5.74, 6) is 1.30. The maximum atomic E-state index is 13.4. The number of para-hydroxylation sites is 1. The topological polar surface area (TPSA) is 116 Å². The third-order valence-electron chi connectivity index (χ3n) is 6.21. The van der Waals surface area contributed by atoms with E-state index in [0.29, 0.717) is 36.7 Å². The number of likely N-dealkylation sites (tertiary alicyclic amines) is 1. The number of benzene rings is 3. The van der Waals surface area contributed by atoms with Crippen molar-refractivity contribution < 1.29 is 14.3 Å². The fourth-order valence-electron chi connectivity index (χ4n) is 4.35. The maximum Gasteiger partial charge on any atom is 0.345 e. The van der Waals surface area contributed by atoms with E-state index in [1.165, 1.54) is 12.1 Å². The quantitative estimate of drug-likeness (QED) is 0.387. The number of aryl methyl sites for hydroxylation is 1. The van der Waals surface area contributed by atoms with Gasteiger partial charge in [0.05, 0.1) is 17.9 Å². The Morgan fingerprint density at radius 1 is 0.816 bits per heavy atom. The minimum absolute atomic E-state index is 0.0830. The molecular formula is C28H26N4O6. The number of aromatic amines is 1. The van der Waals surface area contributed by atoms with Crippen molar-refractivity contribution in [2.45, 2.75) is 19.8 Å². The van der Waals surface area contributed by atoms with Crippen molar-refractivity contribution in [2.75, 3.05) is 19.7 Å². The molecule has 2 heterocycles. The number of hydrogen-bond acceptors (Lipinski definition) is 6. The second-order valence-electron chi connectivity index (χ2n) is 8.91. The number of H-pyrrole nitrogens is 1. The molecule has 0 aliphatic carbocycles. The van der Waals surface area contributed by atoms with Gasteiger partial charge in [-0.15, -0.1) is 0 Å². The molecule has 1 aliphatic rings. The molecule has 1 amide bonds. The molecule has 1 aromatic heterocycles. The van der Waals surface area contributed by atoms with Crippen LogP contribution in [0.5, 0.6) is 17.2 Å². The number of nitrogens with one attached hydrogen (secondary N) is 1. The van der Waals surface area contributed by atoms with Crippen LogP contribution in [0.3, 0.4) is 0 Å². The fourth-order valence-corrected chi connectivity index (χ4v) is 4.35. The van der Waals surface area contributed by atoms with Crippen LogP contribution in [0.2, 0.25) is 0 Å². The third kappa shape index (κ3) is 5.15. The van der Waals surface area contributed by atoms with Crippen molar-refractivity contribution in [3.8, 4) is 28.6 Å². The van der Waals surface area contributed by atoms with E-state index in [9.17, 15) is 19.2 Å². The molecule has 0 unspecified atom stereocenters. The summed E-state index contributed by atoms with van der Waals surface area (Å²) in [4.78, 5) is 54.7. The van der Waals surface area contributed by atoms with E-state index in [-0.39, 0.29) is 24.0 Å². The van der Waals surface area contributed by atoms with E-state index in [0.717, 1.165) is 21.1 Å². The number of ether oxygens (including phenoxy) is 2. The Hall–Kier alpha value is -4.86. The molecule has 0 radical (unpaired) electrons. The maximum absolute atomic E-state index is 13.4. The number of rotatable bonds is 8. The minimum Gasteiger partial charge on any atom is -0.488 e. The predicted octanol–water partition coefficient (Wildman–Crippen LogP) is 2.78. The first kappa shape index (κ1) is 24.8. The van der Waals surface area contributed by atoms with E-state index in [2.05, 4.69) is 4.98 Å². The first-order valence-corrected chi connectivity index (χ1v) is 12.2. The molecule has 1 fully saturated rings. The molecule has 3 aromatic carbocycles. The molecule has 38 heavy (non-hydrogen) atoms. The standard InChI is InChI=1S/C28H26N4O6/c1-19-7-5-8-20(17-19)31-26(34)29-27(35)32(28(31)36)21-12-13-23(38-22-9-3-2-4-10-22)24(18-21)37-16-15-30-14-6-11-25(30)33/h2-5,7-10,12-13,17-18H,6,11,14-16H2,1H3,(H,29,34,35). The molecule has 0 saturated carbocycles. The lowest BCUT2D eigenvalue weighted by atomic mass is 10.2. The highest BCUT2D eigenvalue weighted by atomic mass is 16.5. The Kier molecular flexibility index (Phi) is 6.94. The summed E-state index contributed by atoms with van der Waals surface area (Å²) in [6.07, 6.45) is 1.35. The largest absolute Gasteiger partial charge is 0.488 e. The van der Waals surface area contributed by atoms with Gasteiger partial charge in [-0.3, -0.25) is 9.78 Å². The third-order valence-corrected chi connectivity index (χ3v) is 6.21. The van der Waals surface area contributed by atoms with E-state index < -0.39 is 17.1 Å². The number of carbonyl (C=O) groups excluding carboxylic acids is 1. The molecule has 1 aliphatic heterocycles. The zero-order chi connectivity index (χ0) is 26.6. The van der Waals surface area contributed by atoms with Crippen LogP contribution in [0.15, 0.2) is 87.2 Å². The van der Waals surface area contributed by atoms with Gasteiger partial charge in [-0.1, -0.05) is 30.3 Å². The average Bonchev–Trinajstić information content (AvgIpc) is 3.30. The molecule has 4 aromatic rings. The molecule has 194 valence electrons. The predicted molar refractivity (Wildman–Crippen MR) is 141 cm³/mol. The van der Waals surface area contributed by atoms with Crippen LogP contribution in [-0.2, 0) is 4.79 Å². The Morgan fingerprint density at radius 2 is 1.55 bits per heavy atom. The molecule has 1 saturated heterocycles. The smallest absolute Gasteiger partial charge is 0.345 e. The summed E-state index contributed by atoms with van der Waals surface area (Å²) in [7, 11) is 0. The number of aromatic nitrogens is 3. The second-order valence-corrected chi connectivity index (χ2v) is 8.91. The van der Waals surface area contributed by atoms with Crippen LogP contribution >= 0.6 is 0 Å². The fraction of sp³-hybridized carbons (Fsp3) is 0.214. The molecular weight excluding hydrogens is 488 g/mol. The van der Waals surface area contributed by atoms with E-state index in [4.69, 9.17) is 9.47 Å². The first-order valence-electron chi connectivity index (χ1n) is 12.2. The van der Waals surface area contributed by atoms with Crippen LogP contribution in [0.25, 0.3) is 11.4 Å². The first-order chi connectivity index (χ1) is 18.4. The van der Waals surface area contributed by atoms with Crippen molar-refractivity contribution in [3.05, 3.63) is 110 Å². The highest BCUT2D eigenvalue weighted by molar-refractivity contribution is 5.78. The Labute approximate surface area is 217 Å². The van der Waals surface area contributed by atoms with E-state index >= 15 is 0 Å². The van der Waals surface area contributed by atoms with Crippen molar-refractivity contribution >= 4 is 5.91 Å². The van der Waals surface area contributed by atoms with Gasteiger partial charge < -0.3 is 14.4 Å². The summed E-state index contributed by atoms with van der Waals surface area (Å²) < 4.78 is 13.8. The zero-order valence-corrected chi connectivity index (χ0v) is 20.8. The van der Waals surface area contributed by atoms with Gasteiger partial charge in [-0.2, -0.15) is 0 Å². The van der Waals surface area contributed by atoms with Gasteiger partial charge in [-0.25, -0.2) is 23.5 Å². The van der Waals surface area contributed by atoms with Crippen molar-refractivity contribution in [2.24, 2.45) is 0 Å². The molecule has 1 N–H and O–H groups in total. The number of hydrogen-bond donors (Lipinski definition) is 1. The molecule has 10 heteroatoms. The highest BCUT2D eigenvalue weighted by Crippen LogP contribution is 2.33. The zero-order valence-electron chi connectivity index (χ0n) is 20.8. The van der Waals surface area contributed by atoms with Crippen LogP contribution in [0.1, 0.15) is 18.4 Å². The monoisotopic (exact) mass is 514 g/mol. The Morgan fingerprint density at radius 3 is 2.24 bits per heavy atom. The van der Waals surface area contributed by atoms with Gasteiger partial charge in [0, 0.05) is 19.0 Å². The average molecular weight is 515 g/mol. The Balaban J connectivity index is 1.54. The number of nitrogens with zero attached hydrogens (tertiary/aromatic N) is 3. The van der Waals surface area contributed by atoms with Gasteiger partial charge in [0.15, 0.2) is 11.5 Å².